The topological polar surface area (TPSA) is 99.6 Å². The van der Waals surface area contributed by atoms with Gasteiger partial charge in [-0.2, -0.15) is 0 Å². The van der Waals surface area contributed by atoms with E-state index >= 15 is 0 Å². The fraction of sp³-hybridized carbons (Fsp3) is 0.594. The summed E-state index contributed by atoms with van der Waals surface area (Å²) in [5.74, 6) is -2.70. The Morgan fingerprint density at radius 1 is 1.14 bits per heavy atom. The van der Waals surface area contributed by atoms with Crippen molar-refractivity contribution >= 4 is 45.1 Å². The Hall–Kier alpha value is -2.69. The maximum atomic E-state index is 14.6. The van der Waals surface area contributed by atoms with Crippen LogP contribution in [0.1, 0.15) is 46.0 Å². The van der Waals surface area contributed by atoms with Gasteiger partial charge in [0, 0.05) is 49.0 Å². The van der Waals surface area contributed by atoms with E-state index in [4.69, 9.17) is 9.47 Å². The summed E-state index contributed by atoms with van der Waals surface area (Å²) in [5.41, 5.74) is 0.554. The number of anilines is 2. The molecule has 3 aliphatic rings. The molecule has 3 unspecified atom stereocenters. The van der Waals surface area contributed by atoms with Crippen LogP contribution in [-0.2, 0) is 23.9 Å². The Kier molecular flexibility index (Phi) is 10.9. The van der Waals surface area contributed by atoms with Gasteiger partial charge in [-0.15, -0.1) is 13.2 Å². The molecule has 3 fully saturated rings. The number of rotatable bonds is 16. The molecule has 3 aliphatic heterocycles. The number of benzene rings is 1. The zero-order valence-electron chi connectivity index (χ0n) is 24.8. The lowest BCUT2D eigenvalue weighted by atomic mass is 9.70. The SMILES string of the molecule is C=CCCCCOC(=O)[C@H]1[C@@H]2OC3(CC2Br)C(C(=O)N(CC=C)c2ccc(N(CC)CC)cc2)N(CCCO)C(=O)[C@H]13. The van der Waals surface area contributed by atoms with Gasteiger partial charge in [0.15, 0.2) is 0 Å². The molecule has 0 radical (unpaired) electrons. The lowest BCUT2D eigenvalue weighted by molar-refractivity contribution is -0.155. The number of likely N-dealkylation sites (tertiary alicyclic amines) is 1. The van der Waals surface area contributed by atoms with E-state index in [0.717, 1.165) is 31.6 Å². The smallest absolute Gasteiger partial charge is 0.312 e. The van der Waals surface area contributed by atoms with Crippen LogP contribution in [0.3, 0.4) is 0 Å². The molecular formula is C32H44BrN3O6. The van der Waals surface area contributed by atoms with Crippen molar-refractivity contribution in [3.63, 3.8) is 0 Å². The number of halogens is 1. The van der Waals surface area contributed by atoms with Crippen LogP contribution in [-0.4, -0.2) is 89.8 Å². The second kappa shape index (κ2) is 14.2. The van der Waals surface area contributed by atoms with E-state index in [1.54, 1.807) is 11.0 Å². The maximum absolute atomic E-state index is 14.6. The summed E-state index contributed by atoms with van der Waals surface area (Å²) in [6.45, 7) is 14.1. The number of unbranched alkanes of at least 4 members (excludes halogenated alkanes) is 2. The van der Waals surface area contributed by atoms with Gasteiger partial charge in [-0.25, -0.2) is 0 Å². The molecule has 0 saturated carbocycles. The molecule has 0 aromatic heterocycles. The van der Waals surface area contributed by atoms with E-state index in [9.17, 15) is 19.5 Å². The number of allylic oxidation sites excluding steroid dienone is 1. The minimum absolute atomic E-state index is 0.133. The van der Waals surface area contributed by atoms with Crippen LogP contribution < -0.4 is 9.80 Å². The second-order valence-electron chi connectivity index (χ2n) is 11.2. The standard InChI is InChI=1S/C32H44BrN3O6/c1-5-9-10-11-20-41-31(40)25-26-29(38)36(18-12-19-37)28(32(26)21-24(33)27(25)42-32)30(39)35(17-6-2)23-15-13-22(14-16-23)34(7-3)8-4/h5-6,13-16,24-28,37H,1-2,7-12,17-21H2,3-4H3/t24?,25-,26+,27-,28?,32?/m1/s1. The Morgan fingerprint density at radius 2 is 1.83 bits per heavy atom. The Morgan fingerprint density at radius 3 is 2.45 bits per heavy atom. The number of nitrogens with zero attached hydrogens (tertiary/aromatic N) is 3. The normalized spacial score (nSPS) is 27.6. The van der Waals surface area contributed by atoms with Gasteiger partial charge in [-0.05, 0) is 70.2 Å². The van der Waals surface area contributed by atoms with Crippen molar-refractivity contribution in [1.82, 2.24) is 4.90 Å². The van der Waals surface area contributed by atoms with Gasteiger partial charge < -0.3 is 29.3 Å². The monoisotopic (exact) mass is 645 g/mol. The predicted octanol–water partition coefficient (Wildman–Crippen LogP) is 4.08. The van der Waals surface area contributed by atoms with Gasteiger partial charge in [-0.1, -0.05) is 28.1 Å². The molecule has 230 valence electrons. The number of esters is 1. The van der Waals surface area contributed by atoms with Crippen LogP contribution in [0.2, 0.25) is 0 Å². The number of aliphatic hydroxyl groups excluding tert-OH is 1. The molecule has 42 heavy (non-hydrogen) atoms. The third-order valence-electron chi connectivity index (χ3n) is 8.77. The highest BCUT2D eigenvalue weighted by Crippen LogP contribution is 2.60. The van der Waals surface area contributed by atoms with Crippen LogP contribution in [0, 0.1) is 11.8 Å². The molecule has 1 spiro atoms. The van der Waals surface area contributed by atoms with Gasteiger partial charge in [0.1, 0.15) is 11.6 Å². The molecule has 1 aromatic rings. The predicted molar refractivity (Wildman–Crippen MR) is 167 cm³/mol. The van der Waals surface area contributed by atoms with Crippen molar-refractivity contribution in [2.45, 2.75) is 68.5 Å². The largest absolute Gasteiger partial charge is 0.465 e. The highest BCUT2D eigenvalue weighted by atomic mass is 79.9. The molecule has 0 aliphatic carbocycles. The third-order valence-corrected chi connectivity index (χ3v) is 9.61. The highest BCUT2D eigenvalue weighted by Gasteiger charge is 2.77. The van der Waals surface area contributed by atoms with Crippen molar-refractivity contribution in [3.8, 4) is 0 Å². The summed E-state index contributed by atoms with van der Waals surface area (Å²) in [5, 5.41) is 9.62. The van der Waals surface area contributed by atoms with E-state index in [1.807, 2.05) is 30.3 Å². The van der Waals surface area contributed by atoms with Crippen molar-refractivity contribution < 1.29 is 29.0 Å². The summed E-state index contributed by atoms with van der Waals surface area (Å²) < 4.78 is 12.2. The Bertz CT molecular complexity index is 1140. The van der Waals surface area contributed by atoms with Crippen molar-refractivity contribution in [1.29, 1.82) is 0 Å². The Labute approximate surface area is 257 Å². The van der Waals surface area contributed by atoms with Crippen molar-refractivity contribution in [2.24, 2.45) is 11.8 Å². The van der Waals surface area contributed by atoms with Gasteiger partial charge >= 0.3 is 5.97 Å². The van der Waals surface area contributed by atoms with Crippen molar-refractivity contribution in [2.75, 3.05) is 49.2 Å². The lowest BCUT2D eigenvalue weighted by Gasteiger charge is -2.37. The quantitative estimate of drug-likeness (QED) is 0.125. The highest BCUT2D eigenvalue weighted by molar-refractivity contribution is 9.09. The summed E-state index contributed by atoms with van der Waals surface area (Å²) in [6.07, 6.45) is 6.02. The van der Waals surface area contributed by atoms with Gasteiger partial charge in [0.05, 0.1) is 24.5 Å². The first-order chi connectivity index (χ1) is 20.3. The average molecular weight is 647 g/mol. The van der Waals surface area contributed by atoms with Gasteiger partial charge in [0.25, 0.3) is 5.91 Å². The second-order valence-corrected chi connectivity index (χ2v) is 12.3. The number of alkyl halides is 1. The molecule has 4 rings (SSSR count). The fourth-order valence-corrected chi connectivity index (χ4v) is 7.79. The van der Waals surface area contributed by atoms with Crippen LogP contribution in [0.25, 0.3) is 0 Å². The number of ether oxygens (including phenoxy) is 2. The molecule has 9 nitrogen and oxygen atoms in total. The van der Waals surface area contributed by atoms with E-state index in [0.29, 0.717) is 24.9 Å². The summed E-state index contributed by atoms with van der Waals surface area (Å²) in [4.78, 5) is 47.2. The minimum Gasteiger partial charge on any atom is -0.465 e. The number of hydrogen-bond donors (Lipinski definition) is 1. The summed E-state index contributed by atoms with van der Waals surface area (Å²) in [7, 11) is 0. The van der Waals surface area contributed by atoms with Crippen LogP contribution in [0.15, 0.2) is 49.6 Å². The first-order valence-corrected chi connectivity index (χ1v) is 16.0. The lowest BCUT2D eigenvalue weighted by Crippen LogP contribution is -2.57. The zero-order valence-corrected chi connectivity index (χ0v) is 26.3. The molecule has 3 heterocycles. The summed E-state index contributed by atoms with van der Waals surface area (Å²) in [6, 6.07) is 6.84. The molecule has 1 aromatic carbocycles. The minimum atomic E-state index is -1.18. The van der Waals surface area contributed by atoms with Crippen molar-refractivity contribution in [3.05, 3.63) is 49.6 Å². The number of carbonyl (C=O) groups excluding carboxylic acids is 3. The van der Waals surface area contributed by atoms with Gasteiger partial charge in [0.2, 0.25) is 5.91 Å². The van der Waals surface area contributed by atoms with Gasteiger partial charge in [-0.3, -0.25) is 14.4 Å². The number of hydrogen-bond acceptors (Lipinski definition) is 7. The number of carbonyl (C=O) groups is 3. The average Bonchev–Trinajstić information content (AvgIpc) is 3.58. The molecule has 1 N–H and O–H groups in total. The molecular weight excluding hydrogens is 602 g/mol. The number of amides is 2. The maximum Gasteiger partial charge on any atom is 0.312 e. The van der Waals surface area contributed by atoms with Crippen LogP contribution in [0.5, 0.6) is 0 Å². The number of aliphatic hydroxyl groups is 1. The van der Waals surface area contributed by atoms with E-state index in [1.165, 1.54) is 4.90 Å². The molecule has 2 bridgehead atoms. The van der Waals surface area contributed by atoms with E-state index < -0.39 is 35.6 Å². The first kappa shape index (κ1) is 32.2. The first-order valence-electron chi connectivity index (χ1n) is 15.1. The van der Waals surface area contributed by atoms with E-state index in [2.05, 4.69) is 47.8 Å². The Balaban J connectivity index is 1.66. The molecule has 2 amide bonds. The molecule has 3 saturated heterocycles. The van der Waals surface area contributed by atoms with Crippen LogP contribution >= 0.6 is 15.9 Å². The number of fused-ring (bicyclic) bond motifs is 1. The molecule has 6 atom stereocenters. The van der Waals surface area contributed by atoms with E-state index in [-0.39, 0.29) is 42.9 Å². The van der Waals surface area contributed by atoms with Crippen LogP contribution in [0.4, 0.5) is 11.4 Å². The molecule has 10 heteroatoms. The third kappa shape index (κ3) is 5.90. The zero-order chi connectivity index (χ0) is 30.4. The fourth-order valence-electron chi connectivity index (χ4n) is 6.85. The summed E-state index contributed by atoms with van der Waals surface area (Å²) >= 11 is 3.70.